The van der Waals surface area contributed by atoms with Crippen molar-refractivity contribution in [2.45, 2.75) is 25.9 Å². The van der Waals surface area contributed by atoms with E-state index in [0.717, 1.165) is 6.07 Å². The van der Waals surface area contributed by atoms with E-state index in [4.69, 9.17) is 6.42 Å². The van der Waals surface area contributed by atoms with Crippen molar-refractivity contribution >= 4 is 11.4 Å². The molecule has 0 amide bonds. The molecule has 0 radical (unpaired) electrons. The van der Waals surface area contributed by atoms with Gasteiger partial charge in [0.25, 0.3) is 11.4 Å². The number of nitro benzene ring substituents is 2. The van der Waals surface area contributed by atoms with E-state index in [-0.39, 0.29) is 17.9 Å². The molecule has 19 heavy (non-hydrogen) atoms. The third kappa shape index (κ3) is 3.76. The van der Waals surface area contributed by atoms with Gasteiger partial charge in [-0.1, -0.05) is 5.92 Å². The van der Waals surface area contributed by atoms with Gasteiger partial charge in [-0.15, -0.1) is 6.42 Å². The minimum absolute atomic E-state index is 0.158. The number of terminal acetylenes is 1. The second kappa shape index (κ2) is 5.46. The van der Waals surface area contributed by atoms with Crippen molar-refractivity contribution < 1.29 is 9.85 Å². The van der Waals surface area contributed by atoms with Crippen LogP contribution in [0.4, 0.5) is 11.4 Å². The summed E-state index contributed by atoms with van der Waals surface area (Å²) in [6.07, 6.45) is 5.30. The SMILES string of the molecule is C#CC(C)(C)NCc1ccc([N+](=O)[O-])cc1[N+](=O)[O-]. The van der Waals surface area contributed by atoms with E-state index in [2.05, 4.69) is 11.2 Å². The molecule has 100 valence electrons. The molecule has 7 nitrogen and oxygen atoms in total. The number of nitro groups is 2. The van der Waals surface area contributed by atoms with Gasteiger partial charge >= 0.3 is 0 Å². The molecule has 7 heteroatoms. The summed E-state index contributed by atoms with van der Waals surface area (Å²) < 4.78 is 0. The van der Waals surface area contributed by atoms with Crippen LogP contribution in [0.15, 0.2) is 18.2 Å². The third-order valence-electron chi connectivity index (χ3n) is 2.56. The van der Waals surface area contributed by atoms with Crippen LogP contribution in [0.2, 0.25) is 0 Å². The van der Waals surface area contributed by atoms with E-state index in [1.165, 1.54) is 12.1 Å². The first-order chi connectivity index (χ1) is 8.76. The highest BCUT2D eigenvalue weighted by molar-refractivity contribution is 5.49. The normalized spacial score (nSPS) is 10.8. The van der Waals surface area contributed by atoms with Gasteiger partial charge in [0, 0.05) is 18.2 Å². The Hall–Kier alpha value is -2.46. The summed E-state index contributed by atoms with van der Waals surface area (Å²) in [5.74, 6) is 2.50. The van der Waals surface area contributed by atoms with E-state index in [9.17, 15) is 20.2 Å². The van der Waals surface area contributed by atoms with E-state index < -0.39 is 15.4 Å². The number of hydrogen-bond donors (Lipinski definition) is 1. The van der Waals surface area contributed by atoms with Crippen LogP contribution in [0, 0.1) is 32.6 Å². The number of non-ortho nitro benzene ring substituents is 1. The summed E-state index contributed by atoms with van der Waals surface area (Å²) >= 11 is 0. The number of nitrogens with zero attached hydrogens (tertiary/aromatic N) is 2. The molecule has 0 saturated carbocycles. The quantitative estimate of drug-likeness (QED) is 0.497. The number of nitrogens with one attached hydrogen (secondary N) is 1. The van der Waals surface area contributed by atoms with Crippen LogP contribution >= 0.6 is 0 Å². The lowest BCUT2D eigenvalue weighted by molar-refractivity contribution is -0.394. The molecule has 0 aliphatic heterocycles. The second-order valence-corrected chi connectivity index (χ2v) is 4.45. The monoisotopic (exact) mass is 263 g/mol. The molecule has 0 aliphatic carbocycles. The van der Waals surface area contributed by atoms with Crippen molar-refractivity contribution in [3.8, 4) is 12.3 Å². The number of rotatable bonds is 5. The van der Waals surface area contributed by atoms with Crippen molar-refractivity contribution in [2.24, 2.45) is 0 Å². The van der Waals surface area contributed by atoms with Crippen LogP contribution in [-0.4, -0.2) is 15.4 Å². The summed E-state index contributed by atoms with van der Waals surface area (Å²) in [5.41, 5.74) is -0.879. The molecular formula is C12H13N3O4. The second-order valence-electron chi connectivity index (χ2n) is 4.45. The van der Waals surface area contributed by atoms with Crippen LogP contribution in [0.3, 0.4) is 0 Å². The standard InChI is InChI=1S/C12H13N3O4/c1-4-12(2,3)13-8-9-5-6-10(14(16)17)7-11(9)15(18)19/h1,5-7,13H,8H2,2-3H3. The summed E-state index contributed by atoms with van der Waals surface area (Å²) in [5, 5.41) is 24.5. The third-order valence-corrected chi connectivity index (χ3v) is 2.56. The summed E-state index contributed by atoms with van der Waals surface area (Å²) in [6, 6.07) is 3.53. The van der Waals surface area contributed by atoms with Crippen LogP contribution in [0.5, 0.6) is 0 Å². The molecule has 0 saturated heterocycles. The van der Waals surface area contributed by atoms with Crippen molar-refractivity contribution in [3.63, 3.8) is 0 Å². The van der Waals surface area contributed by atoms with Crippen molar-refractivity contribution in [1.29, 1.82) is 0 Å². The van der Waals surface area contributed by atoms with Gasteiger partial charge in [-0.05, 0) is 19.9 Å². The lowest BCUT2D eigenvalue weighted by atomic mass is 10.1. The van der Waals surface area contributed by atoms with Gasteiger partial charge in [-0.3, -0.25) is 25.5 Å². The molecule has 0 bridgehead atoms. The molecule has 1 rings (SSSR count). The van der Waals surface area contributed by atoms with Gasteiger partial charge in [0.2, 0.25) is 0 Å². The fourth-order valence-corrected chi connectivity index (χ4v) is 1.35. The van der Waals surface area contributed by atoms with Gasteiger partial charge in [0.15, 0.2) is 0 Å². The highest BCUT2D eigenvalue weighted by Crippen LogP contribution is 2.24. The maximum atomic E-state index is 10.9. The average molecular weight is 263 g/mol. The Balaban J connectivity index is 3.05. The average Bonchev–Trinajstić information content (AvgIpc) is 2.36. The summed E-state index contributed by atoms with van der Waals surface area (Å²) in [7, 11) is 0. The predicted octanol–water partition coefficient (Wildman–Crippen LogP) is 2.00. The Bertz CT molecular complexity index is 561. The lowest BCUT2D eigenvalue weighted by Gasteiger charge is -2.19. The first-order valence-electron chi connectivity index (χ1n) is 5.41. The minimum atomic E-state index is -0.671. The number of hydrogen-bond acceptors (Lipinski definition) is 5. The Kier molecular flexibility index (Phi) is 4.19. The molecule has 0 aliphatic rings. The van der Waals surface area contributed by atoms with Gasteiger partial charge < -0.3 is 0 Å². The van der Waals surface area contributed by atoms with Gasteiger partial charge in [-0.25, -0.2) is 0 Å². The predicted molar refractivity (Wildman–Crippen MR) is 69.5 cm³/mol. The van der Waals surface area contributed by atoms with E-state index in [1.807, 2.05) is 0 Å². The zero-order chi connectivity index (χ0) is 14.6. The zero-order valence-electron chi connectivity index (χ0n) is 10.5. The van der Waals surface area contributed by atoms with Crippen LogP contribution in [0.1, 0.15) is 19.4 Å². The Labute approximate surface area is 109 Å². The first-order valence-corrected chi connectivity index (χ1v) is 5.41. The molecular weight excluding hydrogens is 250 g/mol. The molecule has 0 spiro atoms. The highest BCUT2D eigenvalue weighted by atomic mass is 16.6. The largest absolute Gasteiger partial charge is 0.297 e. The first kappa shape index (κ1) is 14.6. The van der Waals surface area contributed by atoms with Crippen LogP contribution in [-0.2, 0) is 6.54 Å². The smallest absolute Gasteiger partial charge is 0.280 e. The Morgan fingerprint density at radius 1 is 1.32 bits per heavy atom. The van der Waals surface area contributed by atoms with Crippen molar-refractivity contribution in [1.82, 2.24) is 5.32 Å². The summed E-state index contributed by atoms with van der Waals surface area (Å²) in [6.45, 7) is 3.67. The van der Waals surface area contributed by atoms with Crippen LogP contribution < -0.4 is 5.32 Å². The number of benzene rings is 1. The van der Waals surface area contributed by atoms with Crippen LogP contribution in [0.25, 0.3) is 0 Å². The maximum Gasteiger partial charge on any atom is 0.280 e. The molecule has 1 aromatic rings. The fourth-order valence-electron chi connectivity index (χ4n) is 1.35. The van der Waals surface area contributed by atoms with Crippen molar-refractivity contribution in [3.05, 3.63) is 44.0 Å². The summed E-state index contributed by atoms with van der Waals surface area (Å²) in [4.78, 5) is 20.2. The molecule has 0 unspecified atom stereocenters. The molecule has 0 fully saturated rings. The Morgan fingerprint density at radius 3 is 2.42 bits per heavy atom. The van der Waals surface area contributed by atoms with Crippen molar-refractivity contribution in [2.75, 3.05) is 0 Å². The molecule has 0 heterocycles. The van der Waals surface area contributed by atoms with Gasteiger partial charge in [0.1, 0.15) is 0 Å². The van der Waals surface area contributed by atoms with E-state index in [1.54, 1.807) is 13.8 Å². The van der Waals surface area contributed by atoms with Gasteiger partial charge in [0.05, 0.1) is 21.5 Å². The molecule has 1 aromatic carbocycles. The van der Waals surface area contributed by atoms with E-state index in [0.29, 0.717) is 5.56 Å². The molecule has 1 N–H and O–H groups in total. The highest BCUT2D eigenvalue weighted by Gasteiger charge is 2.21. The minimum Gasteiger partial charge on any atom is -0.297 e. The van der Waals surface area contributed by atoms with Gasteiger partial charge in [-0.2, -0.15) is 0 Å². The fraction of sp³-hybridized carbons (Fsp3) is 0.333. The zero-order valence-corrected chi connectivity index (χ0v) is 10.5. The molecule has 0 aromatic heterocycles. The lowest BCUT2D eigenvalue weighted by Crippen LogP contribution is -2.37. The topological polar surface area (TPSA) is 98.3 Å². The maximum absolute atomic E-state index is 10.9. The Morgan fingerprint density at radius 2 is 1.95 bits per heavy atom. The van der Waals surface area contributed by atoms with E-state index >= 15 is 0 Å². The molecule has 0 atom stereocenters.